The molecule has 1 heterocycles. The van der Waals surface area contributed by atoms with Crippen LogP contribution >= 0.6 is 0 Å². The van der Waals surface area contributed by atoms with E-state index in [-0.39, 0.29) is 18.6 Å². The van der Waals surface area contributed by atoms with Crippen molar-refractivity contribution in [3.05, 3.63) is 65.2 Å². The molecular weight excluding hydrogens is 304 g/mol. The highest BCUT2D eigenvalue weighted by atomic mass is 16.5. The number of ether oxygens (including phenoxy) is 1. The molecule has 5 nitrogen and oxygen atoms in total. The zero-order chi connectivity index (χ0) is 17.2. The topological polar surface area (TPSA) is 70.6 Å². The van der Waals surface area contributed by atoms with E-state index in [2.05, 4.69) is 10.6 Å². The van der Waals surface area contributed by atoms with E-state index < -0.39 is 5.60 Å². The van der Waals surface area contributed by atoms with Gasteiger partial charge in [-0.1, -0.05) is 48.0 Å². The fourth-order valence-electron chi connectivity index (χ4n) is 2.81. The molecule has 2 unspecified atom stereocenters. The van der Waals surface area contributed by atoms with Gasteiger partial charge in [-0.2, -0.15) is 0 Å². The van der Waals surface area contributed by atoms with Crippen molar-refractivity contribution in [2.45, 2.75) is 25.5 Å². The van der Waals surface area contributed by atoms with Crippen molar-refractivity contribution in [2.75, 3.05) is 13.2 Å². The van der Waals surface area contributed by atoms with Gasteiger partial charge in [0, 0.05) is 5.56 Å². The molecular formula is C19H22N2O3. The van der Waals surface area contributed by atoms with Gasteiger partial charge in [0.2, 0.25) is 0 Å². The van der Waals surface area contributed by atoms with Crippen molar-refractivity contribution < 1.29 is 14.6 Å². The summed E-state index contributed by atoms with van der Waals surface area (Å²) in [5.74, 6) is 0.808. The van der Waals surface area contributed by atoms with Crippen LogP contribution < -0.4 is 15.4 Å². The predicted molar refractivity (Wildman–Crippen MR) is 92.0 cm³/mol. The summed E-state index contributed by atoms with van der Waals surface area (Å²) in [5.41, 5.74) is 1.74. The van der Waals surface area contributed by atoms with Crippen LogP contribution in [0.2, 0.25) is 0 Å². The lowest BCUT2D eigenvalue weighted by molar-refractivity contribution is 0.0592. The van der Waals surface area contributed by atoms with E-state index in [1.54, 1.807) is 6.92 Å². The Hall–Kier alpha value is -2.53. The number of nitrogens with one attached hydrogen (secondary N) is 2. The summed E-state index contributed by atoms with van der Waals surface area (Å²) in [6.07, 6.45) is 0. The molecule has 0 saturated carbocycles. The first kappa shape index (κ1) is 16.3. The van der Waals surface area contributed by atoms with Crippen LogP contribution in [0.25, 0.3) is 0 Å². The van der Waals surface area contributed by atoms with Gasteiger partial charge < -0.3 is 20.5 Å². The molecule has 0 fully saturated rings. The molecule has 1 aliphatic rings. The van der Waals surface area contributed by atoms with E-state index in [0.717, 1.165) is 22.4 Å². The van der Waals surface area contributed by atoms with Gasteiger partial charge in [-0.3, -0.25) is 0 Å². The van der Waals surface area contributed by atoms with Gasteiger partial charge in [0.25, 0.3) is 0 Å². The van der Waals surface area contributed by atoms with E-state index in [1.807, 2.05) is 55.5 Å². The van der Waals surface area contributed by atoms with E-state index in [1.165, 1.54) is 0 Å². The number of aryl methyl sites for hydroxylation is 1. The Morgan fingerprint density at radius 2 is 2.04 bits per heavy atom. The number of urea groups is 1. The van der Waals surface area contributed by atoms with Gasteiger partial charge in [-0.25, -0.2) is 4.79 Å². The molecule has 2 amide bonds. The van der Waals surface area contributed by atoms with Crippen LogP contribution in [0.5, 0.6) is 5.75 Å². The van der Waals surface area contributed by atoms with Crippen molar-refractivity contribution in [1.82, 2.24) is 10.6 Å². The zero-order valence-electron chi connectivity index (χ0n) is 13.9. The molecule has 0 radical (unpaired) electrons. The SMILES string of the molecule is Cc1ccc2c(c1)C(NC(=O)NCC(C)(O)c1ccccc1)CO2. The van der Waals surface area contributed by atoms with E-state index >= 15 is 0 Å². The van der Waals surface area contributed by atoms with E-state index in [4.69, 9.17) is 4.74 Å². The molecule has 3 rings (SSSR count). The van der Waals surface area contributed by atoms with Crippen LogP contribution in [0, 0.1) is 6.92 Å². The van der Waals surface area contributed by atoms with Gasteiger partial charge >= 0.3 is 6.03 Å². The molecule has 1 aliphatic heterocycles. The maximum Gasteiger partial charge on any atom is 0.315 e. The lowest BCUT2D eigenvalue weighted by atomic mass is 9.96. The summed E-state index contributed by atoms with van der Waals surface area (Å²) in [6, 6.07) is 14.7. The number of carbonyl (C=O) groups excluding carboxylic acids is 1. The highest BCUT2D eigenvalue weighted by molar-refractivity contribution is 5.75. The van der Waals surface area contributed by atoms with Crippen LogP contribution in [0.4, 0.5) is 4.79 Å². The fraction of sp³-hybridized carbons (Fsp3) is 0.316. The van der Waals surface area contributed by atoms with Crippen LogP contribution in [0.15, 0.2) is 48.5 Å². The van der Waals surface area contributed by atoms with Crippen molar-refractivity contribution in [2.24, 2.45) is 0 Å². The Bertz CT molecular complexity index is 729. The van der Waals surface area contributed by atoms with Gasteiger partial charge in [-0.15, -0.1) is 0 Å². The van der Waals surface area contributed by atoms with Crippen molar-refractivity contribution >= 4 is 6.03 Å². The first-order valence-corrected chi connectivity index (χ1v) is 8.01. The Balaban J connectivity index is 1.59. The van der Waals surface area contributed by atoms with Crippen LogP contribution in [-0.4, -0.2) is 24.3 Å². The molecule has 0 aliphatic carbocycles. The minimum Gasteiger partial charge on any atom is -0.491 e. The summed E-state index contributed by atoms with van der Waals surface area (Å²) in [7, 11) is 0. The fourth-order valence-corrected chi connectivity index (χ4v) is 2.81. The van der Waals surface area contributed by atoms with E-state index in [0.29, 0.717) is 6.61 Å². The van der Waals surface area contributed by atoms with Gasteiger partial charge in [0.05, 0.1) is 12.6 Å². The molecule has 0 aromatic heterocycles. The summed E-state index contributed by atoms with van der Waals surface area (Å²) in [6.45, 7) is 4.23. The summed E-state index contributed by atoms with van der Waals surface area (Å²) >= 11 is 0. The lowest BCUT2D eigenvalue weighted by Gasteiger charge is -2.24. The normalized spacial score (nSPS) is 18.2. The predicted octanol–water partition coefficient (Wildman–Crippen LogP) is 2.64. The third kappa shape index (κ3) is 3.51. The van der Waals surface area contributed by atoms with Gasteiger partial charge in [0.15, 0.2) is 0 Å². The third-order valence-corrected chi connectivity index (χ3v) is 4.24. The summed E-state index contributed by atoms with van der Waals surface area (Å²) < 4.78 is 5.59. The largest absolute Gasteiger partial charge is 0.491 e. The number of aliphatic hydroxyl groups is 1. The smallest absolute Gasteiger partial charge is 0.315 e. The highest BCUT2D eigenvalue weighted by Gasteiger charge is 2.27. The minimum atomic E-state index is -1.13. The Kier molecular flexibility index (Phi) is 4.44. The summed E-state index contributed by atoms with van der Waals surface area (Å²) in [5, 5.41) is 16.2. The molecule has 0 spiro atoms. The molecule has 126 valence electrons. The maximum atomic E-state index is 12.2. The van der Waals surface area contributed by atoms with Gasteiger partial charge in [0.1, 0.15) is 18.0 Å². The second kappa shape index (κ2) is 6.53. The van der Waals surface area contributed by atoms with Crippen LogP contribution in [-0.2, 0) is 5.60 Å². The number of fused-ring (bicyclic) bond motifs is 1. The number of benzene rings is 2. The number of amides is 2. The van der Waals surface area contributed by atoms with Crippen LogP contribution in [0.1, 0.15) is 29.7 Å². The minimum absolute atomic E-state index is 0.122. The zero-order valence-corrected chi connectivity index (χ0v) is 13.9. The Labute approximate surface area is 141 Å². The first-order chi connectivity index (χ1) is 11.5. The van der Waals surface area contributed by atoms with E-state index in [9.17, 15) is 9.90 Å². The van der Waals surface area contributed by atoms with Crippen LogP contribution in [0.3, 0.4) is 0 Å². The molecule has 0 saturated heterocycles. The Morgan fingerprint density at radius 3 is 2.79 bits per heavy atom. The maximum absolute atomic E-state index is 12.2. The average molecular weight is 326 g/mol. The lowest BCUT2D eigenvalue weighted by Crippen LogP contribution is -2.44. The number of rotatable bonds is 4. The summed E-state index contributed by atoms with van der Waals surface area (Å²) in [4.78, 5) is 12.2. The molecule has 0 bridgehead atoms. The highest BCUT2D eigenvalue weighted by Crippen LogP contribution is 2.32. The molecule has 24 heavy (non-hydrogen) atoms. The molecule has 3 N–H and O–H groups in total. The molecule has 2 atom stereocenters. The standard InChI is InChI=1S/C19H22N2O3/c1-13-8-9-17-15(10-13)16(11-24-17)21-18(22)20-12-19(2,23)14-6-4-3-5-7-14/h3-10,16,23H,11-12H2,1-2H3,(H2,20,21,22). The number of carbonyl (C=O) groups is 1. The first-order valence-electron chi connectivity index (χ1n) is 8.01. The molecule has 2 aromatic carbocycles. The number of hydrogen-bond acceptors (Lipinski definition) is 3. The third-order valence-electron chi connectivity index (χ3n) is 4.24. The number of hydrogen-bond donors (Lipinski definition) is 3. The molecule has 2 aromatic rings. The molecule has 5 heteroatoms. The second-order valence-corrected chi connectivity index (χ2v) is 6.37. The average Bonchev–Trinajstić information content (AvgIpc) is 2.96. The van der Waals surface area contributed by atoms with Crippen molar-refractivity contribution in [3.63, 3.8) is 0 Å². The van der Waals surface area contributed by atoms with Crippen molar-refractivity contribution in [3.8, 4) is 5.75 Å². The van der Waals surface area contributed by atoms with Crippen molar-refractivity contribution in [1.29, 1.82) is 0 Å². The Morgan fingerprint density at radius 1 is 1.29 bits per heavy atom. The quantitative estimate of drug-likeness (QED) is 0.809. The second-order valence-electron chi connectivity index (χ2n) is 6.37. The van der Waals surface area contributed by atoms with Gasteiger partial charge in [-0.05, 0) is 25.5 Å². The monoisotopic (exact) mass is 326 g/mol.